The van der Waals surface area contributed by atoms with E-state index in [1.165, 1.54) is 4.57 Å². The second kappa shape index (κ2) is 7.52. The Balaban J connectivity index is 2.04. The molecule has 0 radical (unpaired) electrons. The lowest BCUT2D eigenvalue weighted by Gasteiger charge is -2.17. The van der Waals surface area contributed by atoms with Crippen molar-refractivity contribution in [3.05, 3.63) is 47.3 Å². The van der Waals surface area contributed by atoms with Crippen LogP contribution in [0.25, 0.3) is 11.0 Å². The zero-order valence-electron chi connectivity index (χ0n) is 16.8. The number of hydrogen-bond donors (Lipinski definition) is 0. The number of aromatic nitrogens is 3. The maximum absolute atomic E-state index is 13.1. The summed E-state index contributed by atoms with van der Waals surface area (Å²) in [5.41, 5.74) is 3.56. The predicted molar refractivity (Wildman–Crippen MR) is 108 cm³/mol. The molecule has 0 aliphatic rings. The first-order chi connectivity index (χ1) is 13.1. The van der Waals surface area contributed by atoms with Crippen molar-refractivity contribution in [2.45, 2.75) is 38.5 Å². The summed E-state index contributed by atoms with van der Waals surface area (Å²) in [7, 11) is -1.93. The Morgan fingerprint density at radius 2 is 1.93 bits per heavy atom. The van der Waals surface area contributed by atoms with Gasteiger partial charge in [-0.1, -0.05) is 12.1 Å². The van der Waals surface area contributed by atoms with Crippen LogP contribution >= 0.6 is 0 Å². The number of ketones is 1. The number of carbonyl (C=O) groups excluding carboxylic acids is 1. The molecule has 1 atom stereocenters. The minimum Gasteiger partial charge on any atom is -0.383 e. The Kier molecular flexibility index (Phi) is 5.45. The van der Waals surface area contributed by atoms with Gasteiger partial charge in [0.2, 0.25) is 15.0 Å². The highest BCUT2D eigenvalue weighted by Crippen LogP contribution is 2.24. The Hall–Kier alpha value is -2.45. The highest BCUT2D eigenvalue weighted by Gasteiger charge is 2.24. The van der Waals surface area contributed by atoms with Crippen LogP contribution in [0.3, 0.4) is 0 Å². The van der Waals surface area contributed by atoms with Crippen molar-refractivity contribution < 1.29 is 17.9 Å². The minimum absolute atomic E-state index is 0.0900. The topological polar surface area (TPSA) is 83.2 Å². The fourth-order valence-electron chi connectivity index (χ4n) is 3.77. The Labute approximate surface area is 164 Å². The molecule has 2 aromatic heterocycles. The molecular weight excluding hydrogens is 378 g/mol. The number of imidazole rings is 1. The van der Waals surface area contributed by atoms with E-state index in [0.29, 0.717) is 23.2 Å². The van der Waals surface area contributed by atoms with E-state index in [2.05, 4.69) is 9.55 Å². The molecule has 8 heteroatoms. The van der Waals surface area contributed by atoms with Gasteiger partial charge in [-0.2, -0.15) is 0 Å². The predicted octanol–water partition coefficient (Wildman–Crippen LogP) is 2.95. The molecular formula is C20H25N3O4S. The molecule has 0 N–H and O–H groups in total. The number of aryl methyl sites for hydroxylation is 1. The van der Waals surface area contributed by atoms with Gasteiger partial charge in [-0.25, -0.2) is 13.4 Å². The number of benzene rings is 1. The number of nitrogens with zero attached hydrogens (tertiary/aromatic N) is 3. The van der Waals surface area contributed by atoms with Crippen molar-refractivity contribution >= 4 is 26.7 Å². The van der Waals surface area contributed by atoms with Crippen molar-refractivity contribution in [3.8, 4) is 0 Å². The van der Waals surface area contributed by atoms with E-state index < -0.39 is 9.84 Å². The molecule has 0 fully saturated rings. The van der Waals surface area contributed by atoms with E-state index >= 15 is 0 Å². The zero-order chi connectivity index (χ0) is 20.6. The average Bonchev–Trinajstić information content (AvgIpc) is 3.13. The van der Waals surface area contributed by atoms with Gasteiger partial charge >= 0.3 is 0 Å². The molecule has 0 aliphatic carbocycles. The number of methoxy groups -OCH3 is 1. The van der Waals surface area contributed by atoms with Gasteiger partial charge in [-0.15, -0.1) is 0 Å². The number of sulfone groups is 1. The largest absolute Gasteiger partial charge is 0.383 e. The molecule has 2 heterocycles. The molecule has 1 aromatic carbocycles. The van der Waals surface area contributed by atoms with Gasteiger partial charge < -0.3 is 13.9 Å². The van der Waals surface area contributed by atoms with Gasteiger partial charge in [0.15, 0.2) is 5.78 Å². The third kappa shape index (κ3) is 3.62. The second-order valence-electron chi connectivity index (χ2n) is 7.12. The van der Waals surface area contributed by atoms with Crippen LogP contribution in [0.1, 0.15) is 34.7 Å². The second-order valence-corrected chi connectivity index (χ2v) is 9.03. The number of rotatable bonds is 7. The first-order valence-electron chi connectivity index (χ1n) is 9.01. The number of Topliss-reactive ketones (excluding diaryl/α,β-unsaturated/α-hetero) is 1. The van der Waals surface area contributed by atoms with E-state index in [1.54, 1.807) is 31.4 Å². The molecule has 150 valence electrons. The van der Waals surface area contributed by atoms with Gasteiger partial charge in [-0.05, 0) is 39.0 Å². The quantitative estimate of drug-likeness (QED) is 0.567. The smallest absolute Gasteiger partial charge is 0.228 e. The van der Waals surface area contributed by atoms with E-state index in [9.17, 15) is 13.2 Å². The minimum atomic E-state index is -3.58. The van der Waals surface area contributed by atoms with Crippen LogP contribution < -0.4 is 0 Å². The zero-order valence-corrected chi connectivity index (χ0v) is 17.6. The molecule has 7 nitrogen and oxygen atoms in total. The summed E-state index contributed by atoms with van der Waals surface area (Å²) in [6, 6.07) is 9.04. The van der Waals surface area contributed by atoms with Crippen molar-refractivity contribution in [1.82, 2.24) is 14.1 Å². The third-order valence-electron chi connectivity index (χ3n) is 4.89. The Morgan fingerprint density at radius 3 is 2.57 bits per heavy atom. The summed E-state index contributed by atoms with van der Waals surface area (Å²) < 4.78 is 33.2. The number of hydrogen-bond acceptors (Lipinski definition) is 5. The van der Waals surface area contributed by atoms with Gasteiger partial charge in [0.05, 0.1) is 30.2 Å². The SMILES string of the molecule is COC[C@H](C)n1c(C)cc(C(=O)Cn2c(S(C)(=O)=O)nc3ccccc32)c1C. The summed E-state index contributed by atoms with van der Waals surface area (Å²) in [4.78, 5) is 17.3. The van der Waals surface area contributed by atoms with Crippen molar-refractivity contribution in [3.63, 3.8) is 0 Å². The first kappa shape index (κ1) is 20.3. The lowest BCUT2D eigenvalue weighted by molar-refractivity contribution is 0.0969. The molecule has 0 spiro atoms. The molecule has 0 saturated heterocycles. The highest BCUT2D eigenvalue weighted by atomic mass is 32.2. The molecule has 3 aromatic rings. The van der Waals surface area contributed by atoms with E-state index in [4.69, 9.17) is 4.74 Å². The van der Waals surface area contributed by atoms with E-state index in [0.717, 1.165) is 17.6 Å². The molecule has 0 aliphatic heterocycles. The molecule has 0 amide bonds. The number of para-hydroxylation sites is 2. The normalized spacial score (nSPS) is 13.2. The molecule has 0 unspecified atom stereocenters. The summed E-state index contributed by atoms with van der Waals surface area (Å²) in [6.07, 6.45) is 1.10. The standard InChI is InChI=1S/C20H25N3O4S/c1-13-10-16(15(3)23(13)14(2)12-27-4)19(24)11-22-18-9-7-6-8-17(18)21-20(22)28(5,25)26/h6-10,14H,11-12H2,1-5H3/t14-/m0/s1. The van der Waals surface area contributed by atoms with Gasteiger partial charge in [0.1, 0.15) is 0 Å². The summed E-state index contributed by atoms with van der Waals surface area (Å²) >= 11 is 0. The third-order valence-corrected chi connectivity index (χ3v) is 5.86. The summed E-state index contributed by atoms with van der Waals surface area (Å²) in [5, 5.41) is -0.0939. The average molecular weight is 404 g/mol. The Morgan fingerprint density at radius 1 is 1.25 bits per heavy atom. The Bertz CT molecular complexity index is 1140. The lowest BCUT2D eigenvalue weighted by atomic mass is 10.1. The first-order valence-corrected chi connectivity index (χ1v) is 10.9. The molecule has 3 rings (SSSR count). The van der Waals surface area contributed by atoms with Crippen LogP contribution in [-0.4, -0.2) is 48.3 Å². The molecule has 0 bridgehead atoms. The van der Waals surface area contributed by atoms with Crippen LogP contribution in [0.5, 0.6) is 0 Å². The van der Waals surface area contributed by atoms with Gasteiger partial charge in [0, 0.05) is 30.3 Å². The van der Waals surface area contributed by atoms with Gasteiger partial charge in [0.25, 0.3) is 0 Å². The van der Waals surface area contributed by atoms with E-state index in [1.807, 2.05) is 26.8 Å². The maximum atomic E-state index is 13.1. The monoisotopic (exact) mass is 403 g/mol. The number of ether oxygens (including phenoxy) is 1. The van der Waals surface area contributed by atoms with Crippen LogP contribution in [0.2, 0.25) is 0 Å². The van der Waals surface area contributed by atoms with Crippen LogP contribution in [0.4, 0.5) is 0 Å². The fourth-order valence-corrected chi connectivity index (χ4v) is 4.60. The molecule has 28 heavy (non-hydrogen) atoms. The molecule has 0 saturated carbocycles. The van der Waals surface area contributed by atoms with Crippen LogP contribution in [0.15, 0.2) is 35.5 Å². The lowest BCUT2D eigenvalue weighted by Crippen LogP contribution is -2.17. The van der Waals surface area contributed by atoms with Crippen LogP contribution in [-0.2, 0) is 21.1 Å². The highest BCUT2D eigenvalue weighted by molar-refractivity contribution is 7.90. The van der Waals surface area contributed by atoms with Crippen LogP contribution in [0, 0.1) is 13.8 Å². The number of fused-ring (bicyclic) bond motifs is 1. The number of carbonyl (C=O) groups is 1. The maximum Gasteiger partial charge on any atom is 0.228 e. The summed E-state index contributed by atoms with van der Waals surface area (Å²) in [6.45, 7) is 6.32. The van der Waals surface area contributed by atoms with Crippen molar-refractivity contribution in [2.75, 3.05) is 20.0 Å². The van der Waals surface area contributed by atoms with Crippen molar-refractivity contribution in [1.29, 1.82) is 0 Å². The fraction of sp³-hybridized carbons (Fsp3) is 0.400. The summed E-state index contributed by atoms with van der Waals surface area (Å²) in [5.74, 6) is -0.156. The van der Waals surface area contributed by atoms with Gasteiger partial charge in [-0.3, -0.25) is 4.79 Å². The van der Waals surface area contributed by atoms with E-state index in [-0.39, 0.29) is 23.5 Å². The van der Waals surface area contributed by atoms with Crippen molar-refractivity contribution in [2.24, 2.45) is 0 Å².